The third kappa shape index (κ3) is 4.59. The molecule has 2 aromatic carbocycles. The van der Waals surface area contributed by atoms with E-state index in [-0.39, 0.29) is 5.95 Å². The van der Waals surface area contributed by atoms with Gasteiger partial charge < -0.3 is 15.8 Å². The zero-order chi connectivity index (χ0) is 28.3. The van der Waals surface area contributed by atoms with Gasteiger partial charge in [0.25, 0.3) is 5.92 Å². The number of halogens is 2. The number of nitrogens with zero attached hydrogens (tertiary/aromatic N) is 4. The number of anilines is 1. The van der Waals surface area contributed by atoms with Crippen LogP contribution in [0.1, 0.15) is 39.2 Å². The van der Waals surface area contributed by atoms with Gasteiger partial charge in [0.2, 0.25) is 5.95 Å². The first-order chi connectivity index (χ1) is 18.9. The van der Waals surface area contributed by atoms with E-state index in [4.69, 9.17) is 15.5 Å². The molecule has 40 heavy (non-hydrogen) atoms. The maximum absolute atomic E-state index is 14.1. The molecule has 1 fully saturated rings. The van der Waals surface area contributed by atoms with Gasteiger partial charge in [0.15, 0.2) is 5.65 Å². The second-order valence-corrected chi connectivity index (χ2v) is 11.2. The number of nitrogens with one attached hydrogen (secondary N) is 1. The van der Waals surface area contributed by atoms with Crippen molar-refractivity contribution < 1.29 is 18.3 Å². The van der Waals surface area contributed by atoms with Gasteiger partial charge in [0.1, 0.15) is 5.60 Å². The highest BCUT2D eigenvalue weighted by molar-refractivity contribution is 5.98. The predicted molar refractivity (Wildman–Crippen MR) is 149 cm³/mol. The number of nitrogens with two attached hydrogens (primary N) is 1. The third-order valence-corrected chi connectivity index (χ3v) is 7.05. The second kappa shape index (κ2) is 8.97. The molecule has 1 aliphatic rings. The number of amides is 1. The monoisotopic (exact) mass is 542 g/mol. The molecule has 6 rings (SSSR count). The summed E-state index contributed by atoms with van der Waals surface area (Å²) in [5, 5.41) is 11.7. The first kappa shape index (κ1) is 25.7. The summed E-state index contributed by atoms with van der Waals surface area (Å²) in [6.45, 7) is 5.19. The predicted octanol–water partition coefficient (Wildman–Crippen LogP) is 6.34. The summed E-state index contributed by atoms with van der Waals surface area (Å²) in [6.07, 6.45) is 0.0481. The Labute approximate surface area is 229 Å². The lowest BCUT2D eigenvalue weighted by Crippen LogP contribution is -2.60. The second-order valence-electron chi connectivity index (χ2n) is 11.2. The molecule has 0 aliphatic heterocycles. The molecule has 3 aromatic heterocycles. The Bertz CT molecular complexity index is 1740. The van der Waals surface area contributed by atoms with Gasteiger partial charge in [-0.3, -0.25) is 4.40 Å². The van der Waals surface area contributed by atoms with Crippen molar-refractivity contribution in [2.24, 2.45) is 0 Å². The minimum atomic E-state index is -2.87. The fourth-order valence-corrected chi connectivity index (χ4v) is 5.31. The number of nitrogen functional groups attached to an aromatic ring is 1. The number of pyridine rings is 2. The van der Waals surface area contributed by atoms with Gasteiger partial charge in [-0.25, -0.2) is 18.6 Å². The number of alkyl halides is 2. The zero-order valence-electron chi connectivity index (χ0n) is 22.3. The number of aromatic nitrogens is 4. The number of fused-ring (bicyclic) bond motifs is 3. The summed E-state index contributed by atoms with van der Waals surface area (Å²) in [7, 11) is 0. The van der Waals surface area contributed by atoms with E-state index < -0.39 is 36.0 Å². The molecule has 3 heterocycles. The Morgan fingerprint density at radius 2 is 1.70 bits per heavy atom. The molecular formula is C30H28F2N6O2. The SMILES string of the molecule is CC(C)(C)OC(=O)NC1(c2ccc(-c3nc4ccn5c(N)nnc5c4cc3-c3ccccc3)cc2)CC(F)(F)C1. The summed E-state index contributed by atoms with van der Waals surface area (Å²) in [6, 6.07) is 20.9. The van der Waals surface area contributed by atoms with Crippen LogP contribution in [0.4, 0.5) is 19.5 Å². The average Bonchev–Trinajstić information content (AvgIpc) is 3.27. The van der Waals surface area contributed by atoms with E-state index in [0.29, 0.717) is 16.7 Å². The number of hydrogen-bond acceptors (Lipinski definition) is 6. The van der Waals surface area contributed by atoms with Crippen LogP contribution in [0.25, 0.3) is 38.9 Å². The topological polar surface area (TPSA) is 107 Å². The molecule has 204 valence electrons. The molecule has 1 aliphatic carbocycles. The Morgan fingerprint density at radius 1 is 1.00 bits per heavy atom. The lowest BCUT2D eigenvalue weighted by atomic mass is 9.69. The van der Waals surface area contributed by atoms with Gasteiger partial charge >= 0.3 is 6.09 Å². The van der Waals surface area contributed by atoms with E-state index in [1.807, 2.05) is 54.6 Å². The highest BCUT2D eigenvalue weighted by Crippen LogP contribution is 2.52. The van der Waals surface area contributed by atoms with E-state index in [9.17, 15) is 13.6 Å². The van der Waals surface area contributed by atoms with Crippen molar-refractivity contribution in [1.82, 2.24) is 24.9 Å². The molecule has 0 unspecified atom stereocenters. The van der Waals surface area contributed by atoms with Crippen LogP contribution >= 0.6 is 0 Å². The van der Waals surface area contributed by atoms with E-state index in [0.717, 1.165) is 27.8 Å². The number of carbonyl (C=O) groups excluding carboxylic acids is 1. The maximum Gasteiger partial charge on any atom is 0.408 e. The van der Waals surface area contributed by atoms with Crippen molar-refractivity contribution in [2.45, 2.75) is 50.7 Å². The van der Waals surface area contributed by atoms with Gasteiger partial charge in [-0.1, -0.05) is 54.6 Å². The molecule has 0 saturated heterocycles. The maximum atomic E-state index is 14.1. The van der Waals surface area contributed by atoms with Crippen molar-refractivity contribution in [2.75, 3.05) is 5.73 Å². The number of carbonyl (C=O) groups is 1. The van der Waals surface area contributed by atoms with Crippen molar-refractivity contribution >= 4 is 28.6 Å². The Hall–Kier alpha value is -4.60. The molecule has 5 aromatic rings. The summed E-state index contributed by atoms with van der Waals surface area (Å²) in [5.74, 6) is -2.59. The van der Waals surface area contributed by atoms with Crippen molar-refractivity contribution in [3.05, 3.63) is 78.5 Å². The van der Waals surface area contributed by atoms with Crippen LogP contribution in [0.3, 0.4) is 0 Å². The Morgan fingerprint density at radius 3 is 2.35 bits per heavy atom. The number of hydrogen-bond donors (Lipinski definition) is 2. The van der Waals surface area contributed by atoms with Crippen LogP contribution in [-0.4, -0.2) is 37.2 Å². The first-order valence-corrected chi connectivity index (χ1v) is 12.9. The quantitative estimate of drug-likeness (QED) is 0.274. The van der Waals surface area contributed by atoms with Crippen molar-refractivity contribution in [3.8, 4) is 22.4 Å². The molecular weight excluding hydrogens is 514 g/mol. The van der Waals surface area contributed by atoms with Crippen LogP contribution in [0.5, 0.6) is 0 Å². The van der Waals surface area contributed by atoms with E-state index in [1.54, 1.807) is 43.5 Å². The minimum absolute atomic E-state index is 0.285. The van der Waals surface area contributed by atoms with Crippen LogP contribution in [0.2, 0.25) is 0 Å². The summed E-state index contributed by atoms with van der Waals surface area (Å²) in [4.78, 5) is 17.5. The fraction of sp³-hybridized carbons (Fsp3) is 0.267. The lowest BCUT2D eigenvalue weighted by molar-refractivity contribution is -0.136. The van der Waals surface area contributed by atoms with Crippen molar-refractivity contribution in [3.63, 3.8) is 0 Å². The average molecular weight is 543 g/mol. The molecule has 0 atom stereocenters. The summed E-state index contributed by atoms with van der Waals surface area (Å²) < 4.78 is 35.3. The molecule has 8 nitrogen and oxygen atoms in total. The van der Waals surface area contributed by atoms with Crippen LogP contribution < -0.4 is 11.1 Å². The van der Waals surface area contributed by atoms with Gasteiger partial charge in [-0.05, 0) is 44.0 Å². The summed E-state index contributed by atoms with van der Waals surface area (Å²) in [5.41, 5.74) is 9.22. The van der Waals surface area contributed by atoms with Crippen LogP contribution in [-0.2, 0) is 10.3 Å². The Kier molecular flexibility index (Phi) is 5.76. The molecule has 0 spiro atoms. The van der Waals surface area contributed by atoms with E-state index in [1.165, 1.54) is 0 Å². The lowest BCUT2D eigenvalue weighted by Gasteiger charge is -2.48. The molecule has 0 bridgehead atoms. The first-order valence-electron chi connectivity index (χ1n) is 12.9. The highest BCUT2D eigenvalue weighted by atomic mass is 19.3. The van der Waals surface area contributed by atoms with Gasteiger partial charge in [-0.15, -0.1) is 10.2 Å². The fourth-order valence-electron chi connectivity index (χ4n) is 5.31. The van der Waals surface area contributed by atoms with Crippen molar-refractivity contribution in [1.29, 1.82) is 0 Å². The minimum Gasteiger partial charge on any atom is -0.444 e. The van der Waals surface area contributed by atoms with E-state index in [2.05, 4.69) is 15.5 Å². The zero-order valence-corrected chi connectivity index (χ0v) is 22.3. The largest absolute Gasteiger partial charge is 0.444 e. The summed E-state index contributed by atoms with van der Waals surface area (Å²) >= 11 is 0. The van der Waals surface area contributed by atoms with Crippen LogP contribution in [0.15, 0.2) is 72.9 Å². The normalized spacial score (nSPS) is 16.0. The number of ether oxygens (including phenoxy) is 1. The number of benzene rings is 2. The number of alkyl carbamates (subject to hydrolysis) is 1. The molecule has 0 radical (unpaired) electrons. The third-order valence-electron chi connectivity index (χ3n) is 7.05. The smallest absolute Gasteiger partial charge is 0.408 e. The number of rotatable bonds is 4. The van der Waals surface area contributed by atoms with E-state index >= 15 is 0 Å². The molecule has 1 saturated carbocycles. The molecule has 1 amide bonds. The molecule has 10 heteroatoms. The van der Waals surface area contributed by atoms with Gasteiger partial charge in [0.05, 0.1) is 16.7 Å². The molecule has 3 N–H and O–H groups in total. The Balaban J connectivity index is 1.43. The highest BCUT2D eigenvalue weighted by Gasteiger charge is 2.58. The standard InChI is InChI=1S/C30H28F2N6O2/c1-28(2,3)40-27(39)35-29(16-30(31,32)17-29)20-11-9-19(10-12-20)24-21(18-7-5-4-6-8-18)15-22-23(34-24)13-14-38-25(22)36-37-26(38)33/h4-15H,16-17H2,1-3H3,(H2,33,37)(H,35,39). The van der Waals surface area contributed by atoms with Gasteiger partial charge in [0, 0.05) is 35.6 Å². The van der Waals surface area contributed by atoms with Crippen LogP contribution in [0, 0.1) is 0 Å². The van der Waals surface area contributed by atoms with Gasteiger partial charge in [-0.2, -0.15) is 0 Å².